The maximum atomic E-state index is 4.20. The van der Waals surface area contributed by atoms with Crippen molar-refractivity contribution in [1.82, 2.24) is 9.97 Å². The first kappa shape index (κ1) is 12.3. The summed E-state index contributed by atoms with van der Waals surface area (Å²) >= 11 is 2.19. The van der Waals surface area contributed by atoms with Crippen molar-refractivity contribution in [2.75, 3.05) is 5.32 Å². The highest BCUT2D eigenvalue weighted by Gasteiger charge is 1.97. The number of anilines is 2. The molecule has 4 heteroatoms. The molecule has 0 saturated heterocycles. The summed E-state index contributed by atoms with van der Waals surface area (Å²) in [7, 11) is 0. The Morgan fingerprint density at radius 1 is 1.12 bits per heavy atom. The average molecular weight is 339 g/mol. The number of benzene rings is 1. The fourth-order valence-corrected chi connectivity index (χ4v) is 1.83. The number of hydrogen-bond donors (Lipinski definition) is 1. The van der Waals surface area contributed by atoms with E-state index in [2.05, 4.69) is 69.1 Å². The highest BCUT2D eigenvalue weighted by Crippen LogP contribution is 2.14. The number of rotatable bonds is 4. The summed E-state index contributed by atoms with van der Waals surface area (Å²) in [4.78, 5) is 8.41. The van der Waals surface area contributed by atoms with E-state index in [1.54, 1.807) is 12.4 Å². The Labute approximate surface area is 115 Å². The standard InChI is InChI=1S/C13H14IN3/c1-2-3-10-4-6-12(7-5-10)17-13-15-8-11(14)9-16-13/h4-9H,2-3H2,1H3,(H,15,16,17). The molecule has 1 heterocycles. The van der Waals surface area contributed by atoms with Crippen LogP contribution in [-0.4, -0.2) is 9.97 Å². The van der Waals surface area contributed by atoms with Gasteiger partial charge in [0.15, 0.2) is 0 Å². The van der Waals surface area contributed by atoms with Gasteiger partial charge in [-0.2, -0.15) is 0 Å². The van der Waals surface area contributed by atoms with Crippen LogP contribution in [0.2, 0.25) is 0 Å². The Morgan fingerprint density at radius 3 is 2.35 bits per heavy atom. The van der Waals surface area contributed by atoms with Crippen LogP contribution in [0, 0.1) is 3.57 Å². The van der Waals surface area contributed by atoms with E-state index in [4.69, 9.17) is 0 Å². The van der Waals surface area contributed by atoms with E-state index in [1.807, 2.05) is 0 Å². The lowest BCUT2D eigenvalue weighted by atomic mass is 10.1. The van der Waals surface area contributed by atoms with Gasteiger partial charge in [-0.1, -0.05) is 25.5 Å². The molecule has 1 aromatic heterocycles. The fraction of sp³-hybridized carbons (Fsp3) is 0.231. The number of hydrogen-bond acceptors (Lipinski definition) is 3. The van der Waals surface area contributed by atoms with Gasteiger partial charge in [-0.15, -0.1) is 0 Å². The minimum absolute atomic E-state index is 0.633. The first-order chi connectivity index (χ1) is 8.28. The van der Waals surface area contributed by atoms with Crippen molar-refractivity contribution in [3.63, 3.8) is 0 Å². The number of nitrogens with zero attached hydrogens (tertiary/aromatic N) is 2. The quantitative estimate of drug-likeness (QED) is 0.862. The van der Waals surface area contributed by atoms with Crippen LogP contribution >= 0.6 is 22.6 Å². The molecule has 0 bridgehead atoms. The number of aromatic nitrogens is 2. The second-order valence-electron chi connectivity index (χ2n) is 3.80. The van der Waals surface area contributed by atoms with Crippen LogP contribution < -0.4 is 5.32 Å². The van der Waals surface area contributed by atoms with Crippen molar-refractivity contribution in [3.05, 3.63) is 45.8 Å². The van der Waals surface area contributed by atoms with Gasteiger partial charge in [0.1, 0.15) is 0 Å². The molecule has 1 N–H and O–H groups in total. The molecule has 0 radical (unpaired) electrons. The predicted octanol–water partition coefficient (Wildman–Crippen LogP) is 3.78. The van der Waals surface area contributed by atoms with Crippen LogP contribution in [-0.2, 0) is 6.42 Å². The monoisotopic (exact) mass is 339 g/mol. The highest BCUT2D eigenvalue weighted by molar-refractivity contribution is 14.1. The molecule has 3 nitrogen and oxygen atoms in total. The fourth-order valence-electron chi connectivity index (χ4n) is 1.55. The third-order valence-electron chi connectivity index (χ3n) is 2.37. The molecule has 2 rings (SSSR count). The average Bonchev–Trinajstić information content (AvgIpc) is 2.35. The lowest BCUT2D eigenvalue weighted by Crippen LogP contribution is -1.96. The summed E-state index contributed by atoms with van der Waals surface area (Å²) in [6, 6.07) is 8.40. The van der Waals surface area contributed by atoms with E-state index in [0.717, 1.165) is 15.7 Å². The minimum Gasteiger partial charge on any atom is -0.324 e. The van der Waals surface area contributed by atoms with Crippen LogP contribution in [0.1, 0.15) is 18.9 Å². The molecule has 17 heavy (non-hydrogen) atoms. The third kappa shape index (κ3) is 3.66. The summed E-state index contributed by atoms with van der Waals surface area (Å²) in [5.74, 6) is 0.633. The van der Waals surface area contributed by atoms with Crippen molar-refractivity contribution in [2.45, 2.75) is 19.8 Å². The molecule has 0 saturated carbocycles. The zero-order valence-electron chi connectivity index (χ0n) is 9.65. The van der Waals surface area contributed by atoms with Gasteiger partial charge in [-0.3, -0.25) is 0 Å². The lowest BCUT2D eigenvalue weighted by molar-refractivity contribution is 0.922. The zero-order valence-corrected chi connectivity index (χ0v) is 11.8. The van der Waals surface area contributed by atoms with Gasteiger partial charge in [-0.25, -0.2) is 9.97 Å². The summed E-state index contributed by atoms with van der Waals surface area (Å²) in [5.41, 5.74) is 2.38. The van der Waals surface area contributed by atoms with Gasteiger partial charge >= 0.3 is 0 Å². The Hall–Kier alpha value is -1.17. The molecule has 0 fully saturated rings. The summed E-state index contributed by atoms with van der Waals surface area (Å²) in [6.45, 7) is 2.19. The van der Waals surface area contributed by atoms with E-state index in [1.165, 1.54) is 12.0 Å². The van der Waals surface area contributed by atoms with E-state index < -0.39 is 0 Å². The van der Waals surface area contributed by atoms with Gasteiger partial charge in [0.2, 0.25) is 5.95 Å². The van der Waals surface area contributed by atoms with Gasteiger partial charge in [0.25, 0.3) is 0 Å². The van der Waals surface area contributed by atoms with Gasteiger partial charge in [0.05, 0.1) is 0 Å². The molecule has 0 aliphatic rings. The van der Waals surface area contributed by atoms with Crippen molar-refractivity contribution >= 4 is 34.2 Å². The second-order valence-corrected chi connectivity index (χ2v) is 5.04. The van der Waals surface area contributed by atoms with Gasteiger partial charge in [0, 0.05) is 21.7 Å². The van der Waals surface area contributed by atoms with Gasteiger partial charge in [-0.05, 0) is 46.7 Å². The largest absolute Gasteiger partial charge is 0.324 e. The summed E-state index contributed by atoms with van der Waals surface area (Å²) < 4.78 is 1.03. The first-order valence-electron chi connectivity index (χ1n) is 5.61. The van der Waals surface area contributed by atoms with E-state index in [0.29, 0.717) is 5.95 Å². The SMILES string of the molecule is CCCc1ccc(Nc2ncc(I)cn2)cc1. The Balaban J connectivity index is 2.05. The Bertz CT molecular complexity index is 465. The highest BCUT2D eigenvalue weighted by atomic mass is 127. The minimum atomic E-state index is 0.633. The van der Waals surface area contributed by atoms with Gasteiger partial charge < -0.3 is 5.32 Å². The van der Waals surface area contributed by atoms with Crippen LogP contribution in [0.25, 0.3) is 0 Å². The van der Waals surface area contributed by atoms with Crippen LogP contribution in [0.3, 0.4) is 0 Å². The molecule has 0 spiro atoms. The number of halogens is 1. The van der Waals surface area contributed by atoms with Crippen molar-refractivity contribution in [3.8, 4) is 0 Å². The molecule has 0 amide bonds. The summed E-state index contributed by atoms with van der Waals surface area (Å²) in [6.07, 6.45) is 5.88. The predicted molar refractivity (Wildman–Crippen MR) is 78.5 cm³/mol. The molecular weight excluding hydrogens is 325 g/mol. The van der Waals surface area contributed by atoms with E-state index in [-0.39, 0.29) is 0 Å². The molecule has 2 aromatic rings. The van der Waals surface area contributed by atoms with Crippen molar-refractivity contribution in [1.29, 1.82) is 0 Å². The second kappa shape index (κ2) is 5.95. The zero-order chi connectivity index (χ0) is 12.1. The first-order valence-corrected chi connectivity index (χ1v) is 6.69. The van der Waals surface area contributed by atoms with Crippen LogP contribution in [0.4, 0.5) is 11.6 Å². The molecule has 0 aliphatic carbocycles. The summed E-state index contributed by atoms with van der Waals surface area (Å²) in [5, 5.41) is 3.17. The van der Waals surface area contributed by atoms with E-state index >= 15 is 0 Å². The molecule has 0 unspecified atom stereocenters. The number of nitrogens with one attached hydrogen (secondary N) is 1. The van der Waals surface area contributed by atoms with Crippen LogP contribution in [0.15, 0.2) is 36.7 Å². The van der Waals surface area contributed by atoms with Crippen molar-refractivity contribution in [2.24, 2.45) is 0 Å². The smallest absolute Gasteiger partial charge is 0.227 e. The number of aryl methyl sites for hydroxylation is 1. The third-order valence-corrected chi connectivity index (χ3v) is 2.93. The normalized spacial score (nSPS) is 10.2. The maximum Gasteiger partial charge on any atom is 0.227 e. The van der Waals surface area contributed by atoms with E-state index in [9.17, 15) is 0 Å². The molecule has 1 aromatic carbocycles. The van der Waals surface area contributed by atoms with Crippen LogP contribution in [0.5, 0.6) is 0 Å². The Kier molecular flexibility index (Phi) is 4.30. The lowest BCUT2D eigenvalue weighted by Gasteiger charge is -2.05. The molecule has 0 atom stereocenters. The molecular formula is C13H14IN3. The molecule has 88 valence electrons. The maximum absolute atomic E-state index is 4.20. The topological polar surface area (TPSA) is 37.8 Å². The Morgan fingerprint density at radius 2 is 1.76 bits per heavy atom. The molecule has 0 aliphatic heterocycles. The van der Waals surface area contributed by atoms with Crippen molar-refractivity contribution < 1.29 is 0 Å².